The fourth-order valence-electron chi connectivity index (χ4n) is 5.49. The molecule has 0 bridgehead atoms. The Morgan fingerprint density at radius 2 is 1.05 bits per heavy atom. The molecule has 0 amide bonds. The summed E-state index contributed by atoms with van der Waals surface area (Å²) in [4.78, 5) is 52.0. The Kier molecular flexibility index (Phi) is 10.8. The van der Waals surface area contributed by atoms with E-state index in [1.54, 1.807) is 55.1 Å². The average molecular weight is 836 g/mol. The van der Waals surface area contributed by atoms with E-state index < -0.39 is 31.1 Å². The van der Waals surface area contributed by atoms with Gasteiger partial charge in [0.2, 0.25) is 0 Å². The van der Waals surface area contributed by atoms with Crippen molar-refractivity contribution in [2.24, 2.45) is 0 Å². The van der Waals surface area contributed by atoms with Crippen LogP contribution in [0.25, 0.3) is 11.1 Å². The molecule has 0 aliphatic carbocycles. The molecule has 290 valence electrons. The van der Waals surface area contributed by atoms with Gasteiger partial charge in [0, 0.05) is 34.6 Å². The zero-order valence-electron chi connectivity index (χ0n) is 30.3. The van der Waals surface area contributed by atoms with Gasteiger partial charge in [0.1, 0.15) is 86.8 Å². The topological polar surface area (TPSA) is 233 Å². The summed E-state index contributed by atoms with van der Waals surface area (Å²) in [5.41, 5.74) is 2.17. The van der Waals surface area contributed by atoms with Crippen LogP contribution in [-0.2, 0) is 0 Å². The highest BCUT2D eigenvalue weighted by molar-refractivity contribution is 7.50. The molecular weight excluding hydrogens is 807 g/mol. The lowest BCUT2D eigenvalue weighted by Gasteiger charge is -2.27. The number of rotatable bonds is 17. The number of ketones is 2. The lowest BCUT2D eigenvalue weighted by atomic mass is 9.92. The molecule has 0 aliphatic heterocycles. The van der Waals surface area contributed by atoms with Crippen LogP contribution in [0.4, 0.5) is 0 Å². The van der Waals surface area contributed by atoms with Gasteiger partial charge in [-0.1, -0.05) is 13.2 Å². The van der Waals surface area contributed by atoms with Crippen LogP contribution in [0.1, 0.15) is 31.8 Å². The van der Waals surface area contributed by atoms with E-state index in [0.717, 1.165) is 0 Å². The fourth-order valence-corrected chi connectivity index (χ4v) is 9.36. The Labute approximate surface area is 331 Å². The Morgan fingerprint density at radius 3 is 1.50 bits per heavy atom. The van der Waals surface area contributed by atoms with Gasteiger partial charge in [-0.15, -0.1) is 0 Å². The second-order valence-electron chi connectivity index (χ2n) is 11.6. The standard InChI is InChI=1S/C33H28N17O5P3/c1-5-28(51)25-10-30(53-57(47-19-36-13-41-47)48-20-37-14-42-48)27(9-23(25)3)32-31(54-58(49-21-38-15-43-49)50-22-39-16-44-50)11-26(29(52)6-2)24(4)33(32)55-56(45-8-7-34-17-45)46-18-35-12-40-46/h5-22H,1-2H2,3-4H3. The summed E-state index contributed by atoms with van der Waals surface area (Å²) in [5.74, 6) is -0.296. The van der Waals surface area contributed by atoms with Gasteiger partial charge >= 0.3 is 25.3 Å². The summed E-state index contributed by atoms with van der Waals surface area (Å²) in [7, 11) is -5.91. The summed E-state index contributed by atoms with van der Waals surface area (Å²) in [6.45, 7) is 11.0. The maximum atomic E-state index is 13.7. The van der Waals surface area contributed by atoms with Crippen molar-refractivity contribution >= 4 is 36.9 Å². The van der Waals surface area contributed by atoms with E-state index in [-0.39, 0.29) is 28.6 Å². The molecule has 6 aromatic heterocycles. The molecule has 25 heteroatoms. The van der Waals surface area contributed by atoms with Crippen molar-refractivity contribution < 1.29 is 23.2 Å². The van der Waals surface area contributed by atoms with Gasteiger partial charge in [-0.05, 0) is 49.8 Å². The lowest BCUT2D eigenvalue weighted by Crippen LogP contribution is -2.13. The average Bonchev–Trinajstić information content (AvgIpc) is 4.10. The highest BCUT2D eigenvalue weighted by Gasteiger charge is 2.33. The molecule has 22 nitrogen and oxygen atoms in total. The van der Waals surface area contributed by atoms with Crippen LogP contribution >= 0.6 is 25.3 Å². The van der Waals surface area contributed by atoms with Crippen molar-refractivity contribution in [3.63, 3.8) is 0 Å². The van der Waals surface area contributed by atoms with E-state index in [1.807, 2.05) is 0 Å². The van der Waals surface area contributed by atoms with Crippen LogP contribution < -0.4 is 13.6 Å². The molecule has 1 atom stereocenters. The molecule has 1 unspecified atom stereocenters. The smallest absolute Gasteiger partial charge is 0.355 e. The molecule has 0 saturated heterocycles. The van der Waals surface area contributed by atoms with Gasteiger partial charge in [0.15, 0.2) is 11.6 Å². The molecule has 0 N–H and O–H groups in total. The minimum atomic E-state index is -2.02. The zero-order chi connectivity index (χ0) is 40.2. The first-order valence-corrected chi connectivity index (χ1v) is 20.2. The SMILES string of the molecule is C=CC(=O)c1cc(OP(n2cncn2)n2cncn2)c(-c2c(OP(n3cncn3)n3cncn3)cc(C(=O)C=C)c(C)c2OP(n2ccnc2)n2cncn2)cc1C. The van der Waals surface area contributed by atoms with Crippen LogP contribution in [0.15, 0.2) is 126 Å². The fraction of sp³-hybridized carbons (Fsp3) is 0.0606. The number of hydrogen-bond acceptors (Lipinski definition) is 16. The minimum absolute atomic E-state index is 0.125. The van der Waals surface area contributed by atoms with Gasteiger partial charge in [-0.3, -0.25) is 13.9 Å². The number of carbonyl (C=O) groups excluding carboxylic acids is 2. The predicted octanol–water partition coefficient (Wildman–Crippen LogP) is 4.97. The Morgan fingerprint density at radius 1 is 0.586 bits per heavy atom. The van der Waals surface area contributed by atoms with Gasteiger partial charge in [0.05, 0.1) is 5.56 Å². The second kappa shape index (κ2) is 16.5. The van der Waals surface area contributed by atoms with E-state index in [1.165, 1.54) is 97.7 Å². The Balaban J connectivity index is 1.44. The van der Waals surface area contributed by atoms with Gasteiger partial charge in [-0.25, -0.2) is 29.9 Å². The van der Waals surface area contributed by atoms with Crippen molar-refractivity contribution in [1.82, 2.24) is 82.0 Å². The Hall–Kier alpha value is -7.14. The maximum Gasteiger partial charge on any atom is 0.355 e. The summed E-state index contributed by atoms with van der Waals surface area (Å²) in [5, 5.41) is 21.8. The van der Waals surface area contributed by atoms with E-state index in [0.29, 0.717) is 27.8 Å². The third-order valence-electron chi connectivity index (χ3n) is 8.12. The first-order valence-electron chi connectivity index (χ1n) is 16.7. The second-order valence-corrected chi connectivity index (χ2v) is 16.2. The highest BCUT2D eigenvalue weighted by atomic mass is 31.2. The number of imidazole rings is 1. The molecule has 0 fully saturated rings. The Bertz CT molecular complexity index is 2570. The van der Waals surface area contributed by atoms with Crippen molar-refractivity contribution in [2.45, 2.75) is 13.8 Å². The van der Waals surface area contributed by atoms with Crippen molar-refractivity contribution in [3.8, 4) is 28.4 Å². The van der Waals surface area contributed by atoms with E-state index in [2.05, 4.69) is 68.6 Å². The van der Waals surface area contributed by atoms with Crippen molar-refractivity contribution in [3.05, 3.63) is 148 Å². The van der Waals surface area contributed by atoms with Gasteiger partial charge < -0.3 is 13.6 Å². The van der Waals surface area contributed by atoms with Crippen LogP contribution in [-0.4, -0.2) is 93.6 Å². The third-order valence-corrected chi connectivity index (χ3v) is 12.6. The van der Waals surface area contributed by atoms with Crippen LogP contribution in [0.5, 0.6) is 17.2 Å². The van der Waals surface area contributed by atoms with E-state index in [4.69, 9.17) is 13.6 Å². The monoisotopic (exact) mass is 835 g/mol. The van der Waals surface area contributed by atoms with Crippen LogP contribution in [0.3, 0.4) is 0 Å². The summed E-state index contributed by atoms with van der Waals surface area (Å²) in [6, 6.07) is 4.93. The number of aryl methyl sites for hydroxylation is 1. The summed E-state index contributed by atoms with van der Waals surface area (Å²) in [6.07, 6.45) is 21.5. The van der Waals surface area contributed by atoms with Crippen molar-refractivity contribution in [1.29, 1.82) is 0 Å². The number of nitrogens with zero attached hydrogens (tertiary/aromatic N) is 17. The van der Waals surface area contributed by atoms with Crippen LogP contribution in [0.2, 0.25) is 0 Å². The first-order chi connectivity index (χ1) is 28.3. The van der Waals surface area contributed by atoms with Gasteiger partial charge in [-0.2, -0.15) is 47.8 Å². The molecule has 0 radical (unpaired) electrons. The predicted molar refractivity (Wildman–Crippen MR) is 208 cm³/mol. The molecular formula is C33H28N17O5P3. The molecule has 8 rings (SSSR count). The van der Waals surface area contributed by atoms with Gasteiger partial charge in [0.25, 0.3) is 0 Å². The quantitative estimate of drug-likeness (QED) is 0.0669. The van der Waals surface area contributed by atoms with E-state index >= 15 is 0 Å². The molecule has 8 aromatic rings. The zero-order valence-corrected chi connectivity index (χ0v) is 33.0. The first kappa shape index (κ1) is 37.8. The molecule has 0 saturated carbocycles. The number of carbonyl (C=O) groups is 2. The lowest BCUT2D eigenvalue weighted by molar-refractivity contribution is 0.103. The number of allylic oxidation sites excluding steroid dienone is 2. The largest absolute Gasteiger partial charge is 0.434 e. The van der Waals surface area contributed by atoms with Crippen molar-refractivity contribution in [2.75, 3.05) is 0 Å². The molecule has 2 aromatic carbocycles. The molecule has 6 heterocycles. The number of aromatic nitrogens is 17. The third kappa shape index (κ3) is 7.41. The highest BCUT2D eigenvalue weighted by Crippen LogP contribution is 2.56. The minimum Gasteiger partial charge on any atom is -0.434 e. The number of benzene rings is 2. The summed E-state index contributed by atoms with van der Waals surface area (Å²) >= 11 is 0. The molecule has 0 aliphatic rings. The maximum absolute atomic E-state index is 13.7. The molecule has 58 heavy (non-hydrogen) atoms. The number of hydrogen-bond donors (Lipinski definition) is 0. The molecule has 0 spiro atoms. The van der Waals surface area contributed by atoms with E-state index in [9.17, 15) is 9.59 Å². The summed E-state index contributed by atoms with van der Waals surface area (Å²) < 4.78 is 29.9. The van der Waals surface area contributed by atoms with Crippen LogP contribution in [0, 0.1) is 13.8 Å². The normalized spacial score (nSPS) is 11.8.